The third kappa shape index (κ3) is 2.46. The van der Waals surface area contributed by atoms with E-state index in [4.69, 9.17) is 0 Å². The first-order valence-corrected chi connectivity index (χ1v) is 7.94. The Kier molecular flexibility index (Phi) is 3.22. The summed E-state index contributed by atoms with van der Waals surface area (Å²) < 4.78 is 0. The van der Waals surface area contributed by atoms with Crippen LogP contribution in [0.4, 0.5) is 11.4 Å². The molecule has 2 bridgehead atoms. The van der Waals surface area contributed by atoms with Crippen molar-refractivity contribution in [3.63, 3.8) is 0 Å². The molecule has 3 N–H and O–H groups in total. The number of anilines is 2. The third-order valence-corrected chi connectivity index (χ3v) is 5.01. The quantitative estimate of drug-likeness (QED) is 0.768. The molecular formula is C16H22N4O. The minimum atomic E-state index is 0.0592. The van der Waals surface area contributed by atoms with Gasteiger partial charge in [0.1, 0.15) is 0 Å². The maximum absolute atomic E-state index is 12.5. The van der Waals surface area contributed by atoms with Gasteiger partial charge in [-0.3, -0.25) is 4.79 Å². The molecule has 0 radical (unpaired) electrons. The summed E-state index contributed by atoms with van der Waals surface area (Å²) in [5.41, 5.74) is 2.87. The van der Waals surface area contributed by atoms with Gasteiger partial charge in [-0.2, -0.15) is 0 Å². The van der Waals surface area contributed by atoms with Gasteiger partial charge in [0, 0.05) is 31.2 Å². The first-order valence-electron chi connectivity index (χ1n) is 7.94. The highest BCUT2D eigenvalue weighted by atomic mass is 16.1. The Morgan fingerprint density at radius 3 is 2.62 bits per heavy atom. The first kappa shape index (κ1) is 13.0. The molecule has 4 heterocycles. The average Bonchev–Trinajstić information content (AvgIpc) is 2.55. The number of hydrogen-bond donors (Lipinski definition) is 3. The van der Waals surface area contributed by atoms with Gasteiger partial charge in [0.25, 0.3) is 5.91 Å². The van der Waals surface area contributed by atoms with Crippen molar-refractivity contribution in [2.24, 2.45) is 5.92 Å². The molecule has 5 rings (SSSR count). The van der Waals surface area contributed by atoms with Crippen molar-refractivity contribution in [1.29, 1.82) is 0 Å². The molecule has 1 aromatic rings. The first-order chi connectivity index (χ1) is 10.3. The Bertz CT molecular complexity index is 551. The summed E-state index contributed by atoms with van der Waals surface area (Å²) in [6, 6.07) is 6.18. The number of fused-ring (bicyclic) bond motifs is 4. The summed E-state index contributed by atoms with van der Waals surface area (Å²) >= 11 is 0. The zero-order valence-corrected chi connectivity index (χ0v) is 12.2. The van der Waals surface area contributed by atoms with Gasteiger partial charge in [0.15, 0.2) is 0 Å². The number of nitrogens with zero attached hydrogens (tertiary/aromatic N) is 1. The van der Waals surface area contributed by atoms with E-state index in [9.17, 15) is 4.79 Å². The molecule has 3 saturated heterocycles. The molecule has 0 spiro atoms. The molecule has 4 aliphatic heterocycles. The number of amides is 1. The topological polar surface area (TPSA) is 56.4 Å². The minimum Gasteiger partial charge on any atom is -0.382 e. The van der Waals surface area contributed by atoms with Crippen LogP contribution in [0, 0.1) is 5.92 Å². The van der Waals surface area contributed by atoms with Gasteiger partial charge < -0.3 is 20.9 Å². The van der Waals surface area contributed by atoms with Crippen LogP contribution < -0.4 is 16.0 Å². The van der Waals surface area contributed by atoms with E-state index in [0.29, 0.717) is 12.0 Å². The molecule has 1 atom stereocenters. The van der Waals surface area contributed by atoms with Gasteiger partial charge in [0.2, 0.25) is 0 Å². The van der Waals surface area contributed by atoms with E-state index in [0.717, 1.165) is 36.6 Å². The highest BCUT2D eigenvalue weighted by molar-refractivity contribution is 5.96. The molecule has 5 nitrogen and oxygen atoms in total. The number of carbonyl (C=O) groups is 1. The highest BCUT2D eigenvalue weighted by Gasteiger charge is 2.34. The van der Waals surface area contributed by atoms with Gasteiger partial charge >= 0.3 is 0 Å². The van der Waals surface area contributed by atoms with E-state index in [1.54, 1.807) is 0 Å². The second kappa shape index (κ2) is 5.22. The SMILES string of the molecule is O=C(NC1CN2CCC1CC2)c1ccc2c(c1)NCCN2. The minimum absolute atomic E-state index is 0.0592. The highest BCUT2D eigenvalue weighted by Crippen LogP contribution is 2.28. The zero-order chi connectivity index (χ0) is 14.2. The van der Waals surface area contributed by atoms with Crippen LogP contribution in [0.25, 0.3) is 0 Å². The molecule has 1 aromatic carbocycles. The van der Waals surface area contributed by atoms with E-state index in [2.05, 4.69) is 20.9 Å². The summed E-state index contributed by atoms with van der Waals surface area (Å²) in [6.45, 7) is 5.24. The second-order valence-corrected chi connectivity index (χ2v) is 6.33. The Morgan fingerprint density at radius 2 is 1.90 bits per heavy atom. The number of rotatable bonds is 2. The standard InChI is InChI=1S/C16H22N4O/c21-16(19-15-10-20-7-3-11(15)4-8-20)12-1-2-13-14(9-12)18-6-5-17-13/h1-2,9,11,15,17-18H,3-8,10H2,(H,19,21). The van der Waals surface area contributed by atoms with Crippen molar-refractivity contribution in [3.05, 3.63) is 23.8 Å². The van der Waals surface area contributed by atoms with E-state index < -0.39 is 0 Å². The van der Waals surface area contributed by atoms with E-state index >= 15 is 0 Å². The summed E-state index contributed by atoms with van der Waals surface area (Å²) in [7, 11) is 0. The van der Waals surface area contributed by atoms with Crippen molar-refractivity contribution < 1.29 is 4.79 Å². The van der Waals surface area contributed by atoms with Crippen LogP contribution in [0.2, 0.25) is 0 Å². The molecule has 3 fully saturated rings. The fourth-order valence-corrected chi connectivity index (χ4v) is 3.76. The fourth-order valence-electron chi connectivity index (χ4n) is 3.76. The summed E-state index contributed by atoms with van der Waals surface area (Å²) in [4.78, 5) is 15.0. The van der Waals surface area contributed by atoms with Crippen LogP contribution in [0.15, 0.2) is 18.2 Å². The van der Waals surface area contributed by atoms with Gasteiger partial charge in [-0.05, 0) is 50.0 Å². The van der Waals surface area contributed by atoms with Crippen molar-refractivity contribution in [1.82, 2.24) is 10.2 Å². The van der Waals surface area contributed by atoms with E-state index in [-0.39, 0.29) is 5.91 Å². The van der Waals surface area contributed by atoms with Crippen molar-refractivity contribution in [3.8, 4) is 0 Å². The lowest BCUT2D eigenvalue weighted by Crippen LogP contribution is -2.57. The van der Waals surface area contributed by atoms with Gasteiger partial charge in [-0.25, -0.2) is 0 Å². The van der Waals surface area contributed by atoms with Crippen molar-refractivity contribution in [2.75, 3.05) is 43.4 Å². The Balaban J connectivity index is 1.47. The summed E-state index contributed by atoms with van der Waals surface area (Å²) in [6.07, 6.45) is 2.45. The number of nitrogens with one attached hydrogen (secondary N) is 3. The maximum Gasteiger partial charge on any atom is 0.251 e. The Morgan fingerprint density at radius 1 is 1.14 bits per heavy atom. The molecule has 0 aromatic heterocycles. The van der Waals surface area contributed by atoms with Crippen LogP contribution in [-0.2, 0) is 0 Å². The fraction of sp³-hybridized carbons (Fsp3) is 0.562. The van der Waals surface area contributed by atoms with E-state index in [1.807, 2.05) is 18.2 Å². The Hall–Kier alpha value is -1.75. The van der Waals surface area contributed by atoms with Gasteiger partial charge in [-0.1, -0.05) is 0 Å². The van der Waals surface area contributed by atoms with Crippen molar-refractivity contribution >= 4 is 17.3 Å². The van der Waals surface area contributed by atoms with Crippen LogP contribution >= 0.6 is 0 Å². The zero-order valence-electron chi connectivity index (χ0n) is 12.2. The summed E-state index contributed by atoms with van der Waals surface area (Å²) in [5.74, 6) is 0.722. The molecule has 4 aliphatic rings. The third-order valence-electron chi connectivity index (χ3n) is 5.01. The number of carbonyl (C=O) groups excluding carboxylic acids is 1. The smallest absolute Gasteiger partial charge is 0.251 e. The van der Waals surface area contributed by atoms with Crippen LogP contribution in [0.3, 0.4) is 0 Å². The second-order valence-electron chi connectivity index (χ2n) is 6.33. The molecule has 0 aliphatic carbocycles. The average molecular weight is 286 g/mol. The predicted octanol–water partition coefficient (Wildman–Crippen LogP) is 1.35. The molecule has 5 heteroatoms. The largest absolute Gasteiger partial charge is 0.382 e. The molecule has 0 saturated carbocycles. The lowest BCUT2D eigenvalue weighted by molar-refractivity contribution is 0.0620. The molecule has 21 heavy (non-hydrogen) atoms. The Labute approximate surface area is 125 Å². The summed E-state index contributed by atoms with van der Waals surface area (Å²) in [5, 5.41) is 9.91. The van der Waals surface area contributed by atoms with Crippen LogP contribution in [0.1, 0.15) is 23.2 Å². The number of benzene rings is 1. The van der Waals surface area contributed by atoms with E-state index in [1.165, 1.54) is 25.9 Å². The van der Waals surface area contributed by atoms with Gasteiger partial charge in [0.05, 0.1) is 11.4 Å². The maximum atomic E-state index is 12.5. The van der Waals surface area contributed by atoms with Crippen LogP contribution in [0.5, 0.6) is 0 Å². The number of piperidine rings is 3. The monoisotopic (exact) mass is 286 g/mol. The normalized spacial score (nSPS) is 30.0. The molecule has 112 valence electrons. The number of hydrogen-bond acceptors (Lipinski definition) is 4. The lowest BCUT2D eigenvalue weighted by Gasteiger charge is -2.44. The molecule has 1 unspecified atom stereocenters. The molecule has 1 amide bonds. The predicted molar refractivity (Wildman–Crippen MR) is 83.8 cm³/mol. The van der Waals surface area contributed by atoms with Crippen molar-refractivity contribution in [2.45, 2.75) is 18.9 Å². The van der Waals surface area contributed by atoms with Gasteiger partial charge in [-0.15, -0.1) is 0 Å². The molecular weight excluding hydrogens is 264 g/mol. The van der Waals surface area contributed by atoms with Crippen LogP contribution in [-0.4, -0.2) is 49.6 Å². The lowest BCUT2D eigenvalue weighted by atomic mass is 9.84.